The van der Waals surface area contributed by atoms with Gasteiger partial charge in [-0.3, -0.25) is 0 Å². The molecule has 0 atom stereocenters. The van der Waals surface area contributed by atoms with Crippen molar-refractivity contribution in [2.45, 2.75) is 6.42 Å². The van der Waals surface area contributed by atoms with Crippen LogP contribution < -0.4 is 10.6 Å². The molecular weight excluding hydrogens is 173 g/mol. The molecule has 0 amide bonds. The molecule has 0 radical (unpaired) electrons. The number of ether oxygens (including phenoxy) is 1. The van der Waals surface area contributed by atoms with Crippen LogP contribution in [0, 0.1) is 5.82 Å². The van der Waals surface area contributed by atoms with Gasteiger partial charge in [0.2, 0.25) is 0 Å². The Morgan fingerprint density at radius 2 is 1.85 bits per heavy atom. The number of hydrogen-bond acceptors (Lipinski definition) is 3. The zero-order valence-electron chi connectivity index (χ0n) is 7.20. The molecule has 0 saturated carbocycles. The van der Waals surface area contributed by atoms with E-state index in [-0.39, 0.29) is 5.82 Å². The van der Waals surface area contributed by atoms with Gasteiger partial charge in [0.25, 0.3) is 0 Å². The summed E-state index contributed by atoms with van der Waals surface area (Å²) < 4.78 is 17.7. The van der Waals surface area contributed by atoms with Crippen LogP contribution in [0.1, 0.15) is 6.42 Å². The molecule has 0 aliphatic rings. The molecule has 1 aromatic carbocycles. The average molecular weight is 185 g/mol. The number of rotatable bonds is 5. The van der Waals surface area contributed by atoms with E-state index in [1.54, 1.807) is 12.1 Å². The Morgan fingerprint density at radius 3 is 2.46 bits per heavy atom. The normalized spacial score (nSPS) is 10.0. The van der Waals surface area contributed by atoms with Gasteiger partial charge in [-0.2, -0.15) is 0 Å². The molecule has 0 spiro atoms. The van der Waals surface area contributed by atoms with Gasteiger partial charge in [0.15, 0.2) is 0 Å². The first-order chi connectivity index (χ1) is 6.33. The van der Waals surface area contributed by atoms with Crippen molar-refractivity contribution in [3.63, 3.8) is 0 Å². The number of halogens is 1. The van der Waals surface area contributed by atoms with Crippen LogP contribution in [-0.4, -0.2) is 13.2 Å². The first-order valence-electron chi connectivity index (χ1n) is 4.03. The van der Waals surface area contributed by atoms with E-state index in [1.807, 2.05) is 0 Å². The molecule has 1 rings (SSSR count). The molecule has 0 aliphatic carbocycles. The Hall–Kier alpha value is -1.13. The fourth-order valence-corrected chi connectivity index (χ4v) is 0.863. The van der Waals surface area contributed by atoms with Gasteiger partial charge in [-0.25, -0.2) is 10.3 Å². The SMILES string of the molecule is NOCCCOc1ccc(F)cc1. The summed E-state index contributed by atoms with van der Waals surface area (Å²) in [4.78, 5) is 4.36. The lowest BCUT2D eigenvalue weighted by Gasteiger charge is -2.04. The summed E-state index contributed by atoms with van der Waals surface area (Å²) in [6, 6.07) is 5.88. The Bertz CT molecular complexity index is 238. The van der Waals surface area contributed by atoms with Crippen LogP contribution in [0.2, 0.25) is 0 Å². The van der Waals surface area contributed by atoms with Gasteiger partial charge in [0.1, 0.15) is 11.6 Å². The molecular formula is C9H12FNO2. The second-order valence-electron chi connectivity index (χ2n) is 2.53. The van der Waals surface area contributed by atoms with Gasteiger partial charge >= 0.3 is 0 Å². The molecule has 0 aliphatic heterocycles. The van der Waals surface area contributed by atoms with Crippen molar-refractivity contribution in [1.29, 1.82) is 0 Å². The van der Waals surface area contributed by atoms with Crippen LogP contribution >= 0.6 is 0 Å². The van der Waals surface area contributed by atoms with Crippen molar-refractivity contribution < 1.29 is 14.0 Å². The fraction of sp³-hybridized carbons (Fsp3) is 0.333. The predicted octanol–water partition coefficient (Wildman–Crippen LogP) is 1.48. The van der Waals surface area contributed by atoms with E-state index in [1.165, 1.54) is 12.1 Å². The lowest BCUT2D eigenvalue weighted by atomic mass is 10.3. The summed E-state index contributed by atoms with van der Waals surface area (Å²) in [6.07, 6.45) is 0.716. The predicted molar refractivity (Wildman–Crippen MR) is 46.7 cm³/mol. The quantitative estimate of drug-likeness (QED) is 0.558. The van der Waals surface area contributed by atoms with Crippen LogP contribution in [0.25, 0.3) is 0 Å². The van der Waals surface area contributed by atoms with Crippen molar-refractivity contribution in [3.8, 4) is 5.75 Å². The third-order valence-electron chi connectivity index (χ3n) is 1.49. The maximum atomic E-state index is 12.4. The molecule has 72 valence electrons. The lowest BCUT2D eigenvalue weighted by Crippen LogP contribution is -2.06. The highest BCUT2D eigenvalue weighted by atomic mass is 19.1. The first-order valence-corrected chi connectivity index (χ1v) is 4.03. The molecule has 0 unspecified atom stereocenters. The molecule has 4 heteroatoms. The Kier molecular flexibility index (Phi) is 4.21. The third-order valence-corrected chi connectivity index (χ3v) is 1.49. The van der Waals surface area contributed by atoms with E-state index in [0.717, 1.165) is 0 Å². The highest BCUT2D eigenvalue weighted by molar-refractivity contribution is 5.21. The van der Waals surface area contributed by atoms with E-state index in [9.17, 15) is 4.39 Å². The van der Waals surface area contributed by atoms with Crippen molar-refractivity contribution in [3.05, 3.63) is 30.1 Å². The van der Waals surface area contributed by atoms with Crippen LogP contribution in [0.5, 0.6) is 5.75 Å². The summed E-state index contributed by atoms with van der Waals surface area (Å²) in [7, 11) is 0. The van der Waals surface area contributed by atoms with Crippen LogP contribution in [0.3, 0.4) is 0 Å². The molecule has 0 heterocycles. The summed E-state index contributed by atoms with van der Waals surface area (Å²) >= 11 is 0. The van der Waals surface area contributed by atoms with Gasteiger partial charge in [-0.15, -0.1) is 0 Å². The highest BCUT2D eigenvalue weighted by Crippen LogP contribution is 2.10. The Morgan fingerprint density at radius 1 is 1.15 bits per heavy atom. The highest BCUT2D eigenvalue weighted by Gasteiger charge is 1.93. The van der Waals surface area contributed by atoms with Crippen molar-refractivity contribution >= 4 is 0 Å². The van der Waals surface area contributed by atoms with Gasteiger partial charge in [-0.05, 0) is 24.3 Å². The van der Waals surface area contributed by atoms with Gasteiger partial charge in [0.05, 0.1) is 13.2 Å². The third kappa shape index (κ3) is 3.87. The van der Waals surface area contributed by atoms with E-state index in [0.29, 0.717) is 25.4 Å². The zero-order chi connectivity index (χ0) is 9.52. The second-order valence-corrected chi connectivity index (χ2v) is 2.53. The Labute approximate surface area is 76.2 Å². The molecule has 3 nitrogen and oxygen atoms in total. The minimum atomic E-state index is -0.266. The van der Waals surface area contributed by atoms with Crippen LogP contribution in [0.15, 0.2) is 24.3 Å². The van der Waals surface area contributed by atoms with Crippen molar-refractivity contribution in [1.82, 2.24) is 0 Å². The second kappa shape index (κ2) is 5.50. The summed E-state index contributed by atoms with van der Waals surface area (Å²) in [6.45, 7) is 0.976. The molecule has 0 aromatic heterocycles. The minimum absolute atomic E-state index is 0.266. The van der Waals surface area contributed by atoms with E-state index >= 15 is 0 Å². The summed E-state index contributed by atoms with van der Waals surface area (Å²) in [5.74, 6) is 5.21. The molecule has 0 fully saturated rings. The summed E-state index contributed by atoms with van der Waals surface area (Å²) in [5, 5.41) is 0. The number of hydrogen-bond donors (Lipinski definition) is 1. The average Bonchev–Trinajstić information content (AvgIpc) is 2.15. The van der Waals surface area contributed by atoms with Gasteiger partial charge in [-0.1, -0.05) is 0 Å². The minimum Gasteiger partial charge on any atom is -0.494 e. The maximum Gasteiger partial charge on any atom is 0.123 e. The van der Waals surface area contributed by atoms with Gasteiger partial charge < -0.3 is 9.57 Å². The molecule has 1 aromatic rings. The lowest BCUT2D eigenvalue weighted by molar-refractivity contribution is 0.122. The number of benzene rings is 1. The topological polar surface area (TPSA) is 44.5 Å². The number of nitrogens with two attached hydrogens (primary N) is 1. The van der Waals surface area contributed by atoms with Crippen molar-refractivity contribution in [2.24, 2.45) is 5.90 Å². The smallest absolute Gasteiger partial charge is 0.123 e. The van der Waals surface area contributed by atoms with Crippen LogP contribution in [0.4, 0.5) is 4.39 Å². The molecule has 0 bridgehead atoms. The van der Waals surface area contributed by atoms with E-state index in [2.05, 4.69) is 4.84 Å². The maximum absolute atomic E-state index is 12.4. The van der Waals surface area contributed by atoms with Crippen LogP contribution in [-0.2, 0) is 4.84 Å². The first kappa shape index (κ1) is 9.95. The molecule has 2 N–H and O–H groups in total. The fourth-order valence-electron chi connectivity index (χ4n) is 0.863. The zero-order valence-corrected chi connectivity index (χ0v) is 7.20. The van der Waals surface area contributed by atoms with E-state index < -0.39 is 0 Å². The molecule has 0 saturated heterocycles. The summed E-state index contributed by atoms with van der Waals surface area (Å²) in [5.41, 5.74) is 0. The standard InChI is InChI=1S/C9H12FNO2/c10-8-2-4-9(5-3-8)12-6-1-7-13-11/h2-5H,1,6-7,11H2. The van der Waals surface area contributed by atoms with Gasteiger partial charge in [0, 0.05) is 6.42 Å². The largest absolute Gasteiger partial charge is 0.494 e. The molecule has 13 heavy (non-hydrogen) atoms. The Balaban J connectivity index is 2.25. The van der Waals surface area contributed by atoms with Crippen molar-refractivity contribution in [2.75, 3.05) is 13.2 Å². The van der Waals surface area contributed by atoms with E-state index in [4.69, 9.17) is 10.6 Å². The monoisotopic (exact) mass is 185 g/mol.